The van der Waals surface area contributed by atoms with Crippen LogP contribution in [0.15, 0.2) is 42.5 Å². The molecule has 4 nitrogen and oxygen atoms in total. The average Bonchev–Trinajstić information content (AvgIpc) is 2.53. The molecule has 0 aromatic heterocycles. The van der Waals surface area contributed by atoms with Gasteiger partial charge in [-0.25, -0.2) is 0 Å². The number of benzene rings is 2. The van der Waals surface area contributed by atoms with E-state index in [1.54, 1.807) is 25.3 Å². The number of carbonyl (C=O) groups is 1. The molecule has 1 amide bonds. The number of anilines is 1. The third kappa shape index (κ3) is 6.40. The summed E-state index contributed by atoms with van der Waals surface area (Å²) in [5.41, 5.74) is 1.80. The van der Waals surface area contributed by atoms with Crippen molar-refractivity contribution in [2.24, 2.45) is 0 Å². The van der Waals surface area contributed by atoms with Crippen molar-refractivity contribution in [1.82, 2.24) is 5.32 Å². The van der Waals surface area contributed by atoms with Crippen molar-refractivity contribution in [3.05, 3.63) is 58.1 Å². The summed E-state index contributed by atoms with van der Waals surface area (Å²) in [5.74, 6) is 0.772. The molecule has 128 valence electrons. The Morgan fingerprint density at radius 1 is 1.08 bits per heavy atom. The lowest BCUT2D eigenvalue weighted by molar-refractivity contribution is -0.116. The molecule has 0 saturated carbocycles. The van der Waals surface area contributed by atoms with Gasteiger partial charge in [0.1, 0.15) is 5.75 Å². The summed E-state index contributed by atoms with van der Waals surface area (Å²) in [6, 6.07) is 12.9. The van der Waals surface area contributed by atoms with E-state index >= 15 is 0 Å². The first-order valence-corrected chi connectivity index (χ1v) is 8.42. The number of rotatable bonds is 8. The zero-order valence-electron chi connectivity index (χ0n) is 13.4. The number of hydrogen-bond donors (Lipinski definition) is 2. The Bertz CT molecular complexity index is 672. The van der Waals surface area contributed by atoms with Gasteiger partial charge in [-0.1, -0.05) is 35.3 Å². The number of halogens is 2. The van der Waals surface area contributed by atoms with E-state index in [0.29, 0.717) is 28.7 Å². The zero-order chi connectivity index (χ0) is 17.4. The van der Waals surface area contributed by atoms with E-state index in [9.17, 15) is 4.79 Å². The lowest BCUT2D eigenvalue weighted by Gasteiger charge is -2.08. The Labute approximate surface area is 152 Å². The SMILES string of the molecule is COc1cccc(CCNCCC(=O)Nc2cc(Cl)cc(Cl)c2)c1. The Morgan fingerprint density at radius 2 is 1.83 bits per heavy atom. The van der Waals surface area contributed by atoms with E-state index in [4.69, 9.17) is 27.9 Å². The normalized spacial score (nSPS) is 10.5. The van der Waals surface area contributed by atoms with Crippen LogP contribution in [0.2, 0.25) is 10.0 Å². The molecule has 0 heterocycles. The molecule has 0 spiro atoms. The van der Waals surface area contributed by atoms with Gasteiger partial charge in [0.25, 0.3) is 0 Å². The van der Waals surface area contributed by atoms with E-state index < -0.39 is 0 Å². The first-order chi connectivity index (χ1) is 11.6. The van der Waals surface area contributed by atoms with E-state index in [0.717, 1.165) is 18.7 Å². The number of amides is 1. The summed E-state index contributed by atoms with van der Waals surface area (Å²) in [4.78, 5) is 11.9. The van der Waals surface area contributed by atoms with Crippen molar-refractivity contribution >= 4 is 34.8 Å². The Hall–Kier alpha value is -1.75. The van der Waals surface area contributed by atoms with Gasteiger partial charge in [0.2, 0.25) is 5.91 Å². The predicted molar refractivity (Wildman–Crippen MR) is 99.3 cm³/mol. The third-order valence-electron chi connectivity index (χ3n) is 3.40. The topological polar surface area (TPSA) is 50.4 Å². The average molecular weight is 367 g/mol. The zero-order valence-corrected chi connectivity index (χ0v) is 15.0. The molecule has 0 aliphatic heterocycles. The van der Waals surface area contributed by atoms with Crippen LogP contribution in [0.25, 0.3) is 0 Å². The minimum atomic E-state index is -0.0813. The highest BCUT2D eigenvalue weighted by Crippen LogP contribution is 2.22. The van der Waals surface area contributed by atoms with Crippen LogP contribution in [0.5, 0.6) is 5.75 Å². The minimum absolute atomic E-state index is 0.0813. The summed E-state index contributed by atoms with van der Waals surface area (Å²) >= 11 is 11.8. The van der Waals surface area contributed by atoms with Gasteiger partial charge in [-0.05, 0) is 48.9 Å². The minimum Gasteiger partial charge on any atom is -0.497 e. The number of carbonyl (C=O) groups excluding carboxylic acids is 1. The van der Waals surface area contributed by atoms with Gasteiger partial charge in [0.05, 0.1) is 7.11 Å². The smallest absolute Gasteiger partial charge is 0.225 e. The number of nitrogens with one attached hydrogen (secondary N) is 2. The number of methoxy groups -OCH3 is 1. The fourth-order valence-corrected chi connectivity index (χ4v) is 2.76. The standard InChI is InChI=1S/C18H20Cl2N2O2/c1-24-17-4-2-3-13(9-17)5-7-21-8-6-18(23)22-16-11-14(19)10-15(20)12-16/h2-4,9-12,21H,5-8H2,1H3,(H,22,23). The summed E-state index contributed by atoms with van der Waals surface area (Å²) in [7, 11) is 1.66. The van der Waals surface area contributed by atoms with Gasteiger partial charge < -0.3 is 15.4 Å². The molecule has 2 aromatic carbocycles. The molecule has 0 atom stereocenters. The van der Waals surface area contributed by atoms with Crippen molar-refractivity contribution in [1.29, 1.82) is 0 Å². The van der Waals surface area contributed by atoms with Crippen LogP contribution in [-0.4, -0.2) is 26.1 Å². The van der Waals surface area contributed by atoms with E-state index in [2.05, 4.69) is 16.7 Å². The lowest BCUT2D eigenvalue weighted by atomic mass is 10.1. The molecule has 0 saturated heterocycles. The summed E-state index contributed by atoms with van der Waals surface area (Å²) < 4.78 is 5.20. The molecule has 0 aliphatic rings. The molecule has 0 unspecified atom stereocenters. The van der Waals surface area contributed by atoms with Crippen molar-refractivity contribution < 1.29 is 9.53 Å². The van der Waals surface area contributed by atoms with Crippen LogP contribution in [0.3, 0.4) is 0 Å². The number of hydrogen-bond acceptors (Lipinski definition) is 3. The highest BCUT2D eigenvalue weighted by atomic mass is 35.5. The van der Waals surface area contributed by atoms with Crippen LogP contribution in [-0.2, 0) is 11.2 Å². The second-order valence-electron chi connectivity index (χ2n) is 5.31. The molecule has 2 aromatic rings. The molecular formula is C18H20Cl2N2O2. The Balaban J connectivity index is 1.67. The summed E-state index contributed by atoms with van der Waals surface area (Å²) in [6.07, 6.45) is 1.25. The van der Waals surface area contributed by atoms with Crippen molar-refractivity contribution in [3.8, 4) is 5.75 Å². The first kappa shape index (κ1) is 18.6. The summed E-state index contributed by atoms with van der Waals surface area (Å²) in [6.45, 7) is 1.40. The maximum absolute atomic E-state index is 11.9. The van der Waals surface area contributed by atoms with E-state index in [-0.39, 0.29) is 5.91 Å². The fraction of sp³-hybridized carbons (Fsp3) is 0.278. The molecule has 0 fully saturated rings. The predicted octanol–water partition coefficient (Wildman–Crippen LogP) is 4.16. The van der Waals surface area contributed by atoms with E-state index in [1.807, 2.05) is 18.2 Å². The van der Waals surface area contributed by atoms with Crippen LogP contribution in [0.1, 0.15) is 12.0 Å². The second-order valence-corrected chi connectivity index (χ2v) is 6.18. The fourth-order valence-electron chi connectivity index (χ4n) is 2.24. The van der Waals surface area contributed by atoms with Gasteiger partial charge in [0, 0.05) is 28.7 Å². The molecule has 0 aliphatic carbocycles. The van der Waals surface area contributed by atoms with Crippen molar-refractivity contribution in [2.75, 3.05) is 25.5 Å². The highest BCUT2D eigenvalue weighted by Gasteiger charge is 2.04. The van der Waals surface area contributed by atoms with Crippen LogP contribution < -0.4 is 15.4 Å². The van der Waals surface area contributed by atoms with Gasteiger partial charge >= 0.3 is 0 Å². The second kappa shape index (κ2) is 9.52. The van der Waals surface area contributed by atoms with Gasteiger partial charge in [-0.2, -0.15) is 0 Å². The molecule has 2 N–H and O–H groups in total. The quantitative estimate of drug-likeness (QED) is 0.689. The maximum Gasteiger partial charge on any atom is 0.225 e. The molecule has 0 radical (unpaired) electrons. The van der Waals surface area contributed by atoms with Crippen molar-refractivity contribution in [3.63, 3.8) is 0 Å². The van der Waals surface area contributed by atoms with Crippen LogP contribution >= 0.6 is 23.2 Å². The molecule has 6 heteroatoms. The molecule has 24 heavy (non-hydrogen) atoms. The van der Waals surface area contributed by atoms with Crippen LogP contribution in [0, 0.1) is 0 Å². The third-order valence-corrected chi connectivity index (χ3v) is 3.84. The number of ether oxygens (including phenoxy) is 1. The van der Waals surface area contributed by atoms with Gasteiger partial charge in [-0.15, -0.1) is 0 Å². The first-order valence-electron chi connectivity index (χ1n) is 7.66. The van der Waals surface area contributed by atoms with E-state index in [1.165, 1.54) is 5.56 Å². The maximum atomic E-state index is 11.9. The van der Waals surface area contributed by atoms with Crippen LogP contribution in [0.4, 0.5) is 5.69 Å². The monoisotopic (exact) mass is 366 g/mol. The van der Waals surface area contributed by atoms with Crippen molar-refractivity contribution in [2.45, 2.75) is 12.8 Å². The molecule has 2 rings (SSSR count). The largest absolute Gasteiger partial charge is 0.497 e. The molecular weight excluding hydrogens is 347 g/mol. The summed E-state index contributed by atoms with van der Waals surface area (Å²) in [5, 5.41) is 7.03. The molecule has 0 bridgehead atoms. The lowest BCUT2D eigenvalue weighted by Crippen LogP contribution is -2.23. The Kier molecular flexibility index (Phi) is 7.37. The Morgan fingerprint density at radius 3 is 2.54 bits per heavy atom. The van der Waals surface area contributed by atoms with Gasteiger partial charge in [-0.3, -0.25) is 4.79 Å². The van der Waals surface area contributed by atoms with Gasteiger partial charge in [0.15, 0.2) is 0 Å². The highest BCUT2D eigenvalue weighted by molar-refractivity contribution is 6.35.